The summed E-state index contributed by atoms with van der Waals surface area (Å²) in [5, 5.41) is 11.7. The summed E-state index contributed by atoms with van der Waals surface area (Å²) in [5.74, 6) is -0.438. The number of benzene rings is 4. The van der Waals surface area contributed by atoms with Crippen LogP contribution in [0.15, 0.2) is 119 Å². The zero-order valence-corrected chi connectivity index (χ0v) is 23.3. The van der Waals surface area contributed by atoms with Gasteiger partial charge < -0.3 is 9.64 Å². The van der Waals surface area contributed by atoms with Gasteiger partial charge in [0.1, 0.15) is 0 Å². The fourth-order valence-electron chi connectivity index (χ4n) is 5.59. The van der Waals surface area contributed by atoms with Crippen molar-refractivity contribution >= 4 is 27.3 Å². The highest BCUT2D eigenvalue weighted by Crippen LogP contribution is 2.47. The maximum absolute atomic E-state index is 14.7. The molecule has 2 atom stereocenters. The van der Waals surface area contributed by atoms with Crippen molar-refractivity contribution in [2.45, 2.75) is 29.5 Å². The Bertz CT molecular complexity index is 1780. The van der Waals surface area contributed by atoms with E-state index >= 15 is 0 Å². The molecule has 0 bridgehead atoms. The van der Waals surface area contributed by atoms with Crippen LogP contribution < -0.4 is 0 Å². The predicted molar refractivity (Wildman–Crippen MR) is 157 cm³/mol. The van der Waals surface area contributed by atoms with Gasteiger partial charge in [0.05, 0.1) is 15.6 Å². The number of hydrogen-bond acceptors (Lipinski definition) is 7. The minimum Gasteiger partial charge on any atom is -0.466 e. The van der Waals surface area contributed by atoms with Gasteiger partial charge in [-0.15, -0.1) is 0 Å². The fourth-order valence-corrected chi connectivity index (χ4v) is 6.86. The highest BCUT2D eigenvalue weighted by Gasteiger charge is 2.57. The number of fused-ring (bicyclic) bond motifs is 3. The molecule has 4 aromatic carbocycles. The van der Waals surface area contributed by atoms with Gasteiger partial charge in [-0.3, -0.25) is 14.9 Å². The van der Waals surface area contributed by atoms with E-state index in [-0.39, 0.29) is 41.7 Å². The van der Waals surface area contributed by atoms with Crippen LogP contribution >= 0.6 is 0 Å². The molecule has 4 aromatic rings. The molecule has 0 saturated carbocycles. The van der Waals surface area contributed by atoms with E-state index in [2.05, 4.69) is 0 Å². The van der Waals surface area contributed by atoms with Gasteiger partial charge in [-0.1, -0.05) is 66.7 Å². The van der Waals surface area contributed by atoms with Crippen molar-refractivity contribution in [3.8, 4) is 0 Å². The molecule has 0 saturated heterocycles. The number of nitro groups is 1. The van der Waals surface area contributed by atoms with Crippen LogP contribution in [0.1, 0.15) is 28.4 Å². The van der Waals surface area contributed by atoms with Crippen molar-refractivity contribution in [2.24, 2.45) is 4.99 Å². The summed E-state index contributed by atoms with van der Waals surface area (Å²) >= 11 is 0. The van der Waals surface area contributed by atoms with Gasteiger partial charge in [0.25, 0.3) is 11.6 Å². The number of hydrogen-bond donors (Lipinski definition) is 0. The monoisotopic (exact) mass is 581 g/mol. The summed E-state index contributed by atoms with van der Waals surface area (Å²) in [6.45, 7) is -0.148. The Labute approximate surface area is 243 Å². The van der Waals surface area contributed by atoms with E-state index in [9.17, 15) is 23.3 Å². The van der Waals surface area contributed by atoms with Crippen molar-refractivity contribution in [2.75, 3.05) is 12.3 Å². The van der Waals surface area contributed by atoms with E-state index in [4.69, 9.17) is 9.73 Å². The van der Waals surface area contributed by atoms with Crippen molar-refractivity contribution in [3.63, 3.8) is 0 Å². The first-order valence-corrected chi connectivity index (χ1v) is 15.1. The van der Waals surface area contributed by atoms with Crippen LogP contribution in [0, 0.1) is 10.1 Å². The molecule has 1 amide bonds. The van der Waals surface area contributed by atoms with Crippen LogP contribution in [0.25, 0.3) is 0 Å². The van der Waals surface area contributed by atoms with Crippen LogP contribution in [0.3, 0.4) is 0 Å². The lowest BCUT2D eigenvalue weighted by molar-refractivity contribution is -0.385. The summed E-state index contributed by atoms with van der Waals surface area (Å²) in [4.78, 5) is 32.5. The van der Waals surface area contributed by atoms with Crippen LogP contribution in [-0.2, 0) is 32.3 Å². The molecule has 212 valence electrons. The van der Waals surface area contributed by atoms with Gasteiger partial charge in [0.2, 0.25) is 5.90 Å². The molecular formula is C32H27N3O6S. The highest BCUT2D eigenvalue weighted by molar-refractivity contribution is 7.91. The van der Waals surface area contributed by atoms with Crippen molar-refractivity contribution in [3.05, 3.63) is 142 Å². The van der Waals surface area contributed by atoms with Gasteiger partial charge in [-0.05, 0) is 41.5 Å². The van der Waals surface area contributed by atoms with Gasteiger partial charge in [-0.25, -0.2) is 13.4 Å². The Balaban J connectivity index is 1.49. The molecule has 6 rings (SSSR count). The number of aliphatic imine (C=N–C) groups is 1. The molecule has 0 aromatic heterocycles. The second-order valence-electron chi connectivity index (χ2n) is 10.4. The first-order valence-electron chi connectivity index (χ1n) is 13.5. The molecule has 9 nitrogen and oxygen atoms in total. The van der Waals surface area contributed by atoms with Crippen LogP contribution in [-0.4, -0.2) is 47.9 Å². The highest BCUT2D eigenvalue weighted by atomic mass is 32.2. The molecule has 2 heterocycles. The minimum atomic E-state index is -3.72. The second kappa shape index (κ2) is 10.9. The standard InChI is InChI=1S/C32H27N3O6S/c36-31-32(21-23-10-4-1-5-11-23)29(41-30(33-32)24-12-6-2-7-13-24)28-17-16-26(35(37)38)20-25(28)22-34(31)18-19-42(39,40)27-14-8-3-9-15-27/h1-17,20,29H,18-19,21-22H2/t29-,32-/m0/s1. The number of carbonyl (C=O) groups is 1. The molecule has 0 spiro atoms. The second-order valence-corrected chi connectivity index (χ2v) is 12.5. The molecular weight excluding hydrogens is 554 g/mol. The van der Waals surface area contributed by atoms with Gasteiger partial charge >= 0.3 is 0 Å². The van der Waals surface area contributed by atoms with E-state index in [1.54, 1.807) is 24.3 Å². The number of carbonyl (C=O) groups excluding carboxylic acids is 1. The van der Waals surface area contributed by atoms with E-state index in [1.807, 2.05) is 60.7 Å². The van der Waals surface area contributed by atoms with Crippen LogP contribution in [0.2, 0.25) is 0 Å². The summed E-state index contributed by atoms with van der Waals surface area (Å²) in [7, 11) is -3.72. The Kier molecular flexibility index (Phi) is 7.07. The molecule has 2 aliphatic rings. The number of amides is 1. The van der Waals surface area contributed by atoms with Crippen molar-refractivity contribution < 1.29 is 22.9 Å². The zero-order chi connectivity index (χ0) is 29.3. The SMILES string of the molecule is O=C1N(CCS(=O)(=O)c2ccccc2)Cc2cc([N+](=O)[O-])ccc2[C@@H]2OC(c3ccccc3)=N[C@]12Cc1ccccc1. The number of rotatable bonds is 8. The first kappa shape index (κ1) is 27.3. The van der Waals surface area contributed by atoms with Gasteiger partial charge in [-0.2, -0.15) is 0 Å². The summed E-state index contributed by atoms with van der Waals surface area (Å²) in [5.41, 5.74) is 1.06. The predicted octanol–water partition coefficient (Wildman–Crippen LogP) is 4.91. The fraction of sp³-hybridized carbons (Fsp3) is 0.188. The lowest BCUT2D eigenvalue weighted by atomic mass is 9.81. The minimum absolute atomic E-state index is 0.0211. The third kappa shape index (κ3) is 5.05. The van der Waals surface area contributed by atoms with Crippen LogP contribution in [0.5, 0.6) is 0 Å². The van der Waals surface area contributed by atoms with Gasteiger partial charge in [0, 0.05) is 42.8 Å². The van der Waals surface area contributed by atoms with E-state index in [0.717, 1.165) is 5.56 Å². The molecule has 2 aliphatic heterocycles. The average Bonchev–Trinajstić information content (AvgIpc) is 3.36. The quantitative estimate of drug-likeness (QED) is 0.215. The van der Waals surface area contributed by atoms with Crippen LogP contribution in [0.4, 0.5) is 5.69 Å². The summed E-state index contributed by atoms with van der Waals surface area (Å²) in [6, 6.07) is 31.2. The number of sulfone groups is 1. The lowest BCUT2D eigenvalue weighted by Crippen LogP contribution is -2.50. The van der Waals surface area contributed by atoms with E-state index in [1.165, 1.54) is 29.2 Å². The Morgan fingerprint density at radius 3 is 2.24 bits per heavy atom. The third-order valence-corrected chi connectivity index (χ3v) is 9.38. The Hall–Kier alpha value is -4.83. The zero-order valence-electron chi connectivity index (χ0n) is 22.5. The van der Waals surface area contributed by atoms with E-state index in [0.29, 0.717) is 16.7 Å². The van der Waals surface area contributed by atoms with E-state index < -0.39 is 32.3 Å². The lowest BCUT2D eigenvalue weighted by Gasteiger charge is -2.32. The summed E-state index contributed by atoms with van der Waals surface area (Å²) < 4.78 is 32.9. The molecule has 42 heavy (non-hydrogen) atoms. The topological polar surface area (TPSA) is 119 Å². The Morgan fingerprint density at radius 1 is 0.929 bits per heavy atom. The molecule has 0 radical (unpaired) electrons. The number of nitro benzene ring substituents is 1. The maximum atomic E-state index is 14.7. The third-order valence-electron chi connectivity index (χ3n) is 7.67. The summed E-state index contributed by atoms with van der Waals surface area (Å²) in [6.07, 6.45) is -0.696. The average molecular weight is 582 g/mol. The maximum Gasteiger partial charge on any atom is 0.269 e. The number of non-ortho nitro benzene ring substituents is 1. The number of ether oxygens (including phenoxy) is 1. The smallest absolute Gasteiger partial charge is 0.269 e. The molecule has 10 heteroatoms. The number of nitrogens with zero attached hydrogens (tertiary/aromatic N) is 3. The first-order chi connectivity index (χ1) is 20.3. The largest absolute Gasteiger partial charge is 0.466 e. The molecule has 0 fully saturated rings. The normalized spacial score (nSPS) is 19.7. The Morgan fingerprint density at radius 2 is 1.57 bits per heavy atom. The van der Waals surface area contributed by atoms with Gasteiger partial charge in [0.15, 0.2) is 21.5 Å². The molecule has 0 N–H and O–H groups in total. The molecule has 0 aliphatic carbocycles. The van der Waals surface area contributed by atoms with Crippen molar-refractivity contribution in [1.29, 1.82) is 0 Å². The van der Waals surface area contributed by atoms with Crippen molar-refractivity contribution in [1.82, 2.24) is 4.90 Å². The molecule has 0 unspecified atom stereocenters.